The summed E-state index contributed by atoms with van der Waals surface area (Å²) in [6, 6.07) is 19.9. The van der Waals surface area contributed by atoms with Gasteiger partial charge in [-0.2, -0.15) is 0 Å². The molecule has 1 aromatic heterocycles. The number of furan rings is 1. The molecule has 0 bridgehead atoms. The molecule has 0 fully saturated rings. The Morgan fingerprint density at radius 2 is 1.70 bits per heavy atom. The molecule has 0 aliphatic rings. The number of carbonyl (C=O) groups excluding carboxylic acids is 1. The van der Waals surface area contributed by atoms with Crippen molar-refractivity contribution in [1.82, 2.24) is 9.62 Å². The zero-order valence-corrected chi connectivity index (χ0v) is 21.5. The molecular formula is C26H26N3O6S2-. The number of nitrogens with zero attached hydrogens (tertiary/aromatic N) is 2. The Bertz CT molecular complexity index is 1410. The average Bonchev–Trinajstić information content (AvgIpc) is 3.27. The minimum absolute atomic E-state index is 0.0563. The van der Waals surface area contributed by atoms with Crippen LogP contribution in [0.2, 0.25) is 0 Å². The lowest BCUT2D eigenvalue weighted by atomic mass is 10.1. The number of carboxylic acid groups (broad SMARTS) is 1. The van der Waals surface area contributed by atoms with E-state index >= 15 is 0 Å². The Kier molecular flexibility index (Phi) is 8.70. The first kappa shape index (κ1) is 26.5. The van der Waals surface area contributed by atoms with E-state index in [2.05, 4.69) is 18.1 Å². The molecule has 2 N–H and O–H groups in total. The second-order valence-electron chi connectivity index (χ2n) is 8.44. The maximum atomic E-state index is 12.3. The molecule has 3 aromatic carbocycles. The lowest BCUT2D eigenvalue weighted by molar-refractivity contribution is -0.138. The van der Waals surface area contributed by atoms with Crippen molar-refractivity contribution in [3.05, 3.63) is 78.4 Å². The number of benzene rings is 3. The largest absolute Gasteiger partial charge is 0.755 e. The molecule has 0 aliphatic carbocycles. The SMILES string of the molecule is O=C(O)C(CCCCN(S)C(=O)NCc1ccccc1)N(c1ccc2oc3ccccc3c2c1)S(=O)[O-]. The fourth-order valence-corrected chi connectivity index (χ4v) is 5.03. The van der Waals surface area contributed by atoms with Crippen LogP contribution in [0.4, 0.5) is 10.5 Å². The van der Waals surface area contributed by atoms with Crippen molar-refractivity contribution in [3.63, 3.8) is 0 Å². The van der Waals surface area contributed by atoms with E-state index < -0.39 is 23.3 Å². The molecular weight excluding hydrogens is 514 g/mol. The molecule has 0 radical (unpaired) electrons. The third-order valence-corrected chi connectivity index (χ3v) is 7.13. The second-order valence-corrected chi connectivity index (χ2v) is 9.75. The Labute approximate surface area is 222 Å². The summed E-state index contributed by atoms with van der Waals surface area (Å²) in [5, 5.41) is 14.1. The first-order chi connectivity index (χ1) is 17.8. The first-order valence-corrected chi connectivity index (χ1v) is 13.1. The van der Waals surface area contributed by atoms with Gasteiger partial charge < -0.3 is 19.4 Å². The third kappa shape index (κ3) is 6.43. The number of hydrogen-bond donors (Lipinski definition) is 3. The minimum atomic E-state index is -2.83. The van der Waals surface area contributed by atoms with Crippen LogP contribution in [0.1, 0.15) is 24.8 Å². The minimum Gasteiger partial charge on any atom is -0.755 e. The average molecular weight is 541 g/mol. The molecule has 1 heterocycles. The van der Waals surface area contributed by atoms with Gasteiger partial charge in [0.2, 0.25) is 0 Å². The summed E-state index contributed by atoms with van der Waals surface area (Å²) in [6.07, 6.45) is 0.863. The van der Waals surface area contributed by atoms with Gasteiger partial charge in [-0.25, -0.2) is 9.59 Å². The van der Waals surface area contributed by atoms with Crippen LogP contribution in [0.5, 0.6) is 0 Å². The Morgan fingerprint density at radius 3 is 2.43 bits per heavy atom. The van der Waals surface area contributed by atoms with E-state index in [1.165, 1.54) is 10.4 Å². The zero-order chi connectivity index (χ0) is 26.4. The van der Waals surface area contributed by atoms with Gasteiger partial charge in [-0.1, -0.05) is 61.3 Å². The van der Waals surface area contributed by atoms with Crippen LogP contribution in [0, 0.1) is 0 Å². The quantitative estimate of drug-likeness (QED) is 0.142. The molecule has 2 unspecified atom stereocenters. The molecule has 194 valence electrons. The van der Waals surface area contributed by atoms with Crippen molar-refractivity contribution >= 4 is 63.7 Å². The number of urea groups is 1. The maximum Gasteiger partial charge on any atom is 0.327 e. The number of nitrogens with one attached hydrogen (secondary N) is 1. The van der Waals surface area contributed by atoms with Gasteiger partial charge >= 0.3 is 12.0 Å². The molecule has 0 spiro atoms. The number of amides is 2. The summed E-state index contributed by atoms with van der Waals surface area (Å²) in [6.45, 7) is 0.627. The molecule has 0 aliphatic heterocycles. The smallest absolute Gasteiger partial charge is 0.327 e. The van der Waals surface area contributed by atoms with E-state index in [0.717, 1.165) is 15.3 Å². The summed E-state index contributed by atoms with van der Waals surface area (Å²) in [5.41, 5.74) is 2.42. The van der Waals surface area contributed by atoms with Gasteiger partial charge in [0.15, 0.2) is 0 Å². The number of aliphatic carboxylic acids is 1. The second kappa shape index (κ2) is 12.1. The Morgan fingerprint density at radius 1 is 1.00 bits per heavy atom. The highest BCUT2D eigenvalue weighted by Crippen LogP contribution is 2.33. The van der Waals surface area contributed by atoms with E-state index in [9.17, 15) is 23.5 Å². The lowest BCUT2D eigenvalue weighted by Crippen LogP contribution is -2.42. The summed E-state index contributed by atoms with van der Waals surface area (Å²) < 4.78 is 32.2. The van der Waals surface area contributed by atoms with Gasteiger partial charge in [-0.05, 0) is 49.1 Å². The normalized spacial score (nSPS) is 12.8. The lowest BCUT2D eigenvalue weighted by Gasteiger charge is -2.32. The van der Waals surface area contributed by atoms with E-state index in [-0.39, 0.29) is 24.7 Å². The van der Waals surface area contributed by atoms with Crippen molar-refractivity contribution in [1.29, 1.82) is 0 Å². The van der Waals surface area contributed by atoms with Gasteiger partial charge in [0.25, 0.3) is 0 Å². The summed E-state index contributed by atoms with van der Waals surface area (Å²) >= 11 is 1.38. The number of para-hydroxylation sites is 1. The van der Waals surface area contributed by atoms with E-state index in [4.69, 9.17) is 4.42 Å². The predicted molar refractivity (Wildman–Crippen MR) is 145 cm³/mol. The van der Waals surface area contributed by atoms with E-state index in [1.807, 2.05) is 54.6 Å². The Hall–Kier alpha value is -3.54. The van der Waals surface area contributed by atoms with Gasteiger partial charge in [0.1, 0.15) is 17.2 Å². The van der Waals surface area contributed by atoms with Crippen molar-refractivity contribution in [3.8, 4) is 0 Å². The molecule has 4 rings (SSSR count). The van der Waals surface area contributed by atoms with Crippen molar-refractivity contribution in [2.75, 3.05) is 10.8 Å². The van der Waals surface area contributed by atoms with Crippen molar-refractivity contribution in [2.24, 2.45) is 0 Å². The Balaban J connectivity index is 1.39. The fraction of sp³-hybridized carbons (Fsp3) is 0.231. The van der Waals surface area contributed by atoms with E-state index in [1.54, 1.807) is 12.1 Å². The number of hydrogen-bond acceptors (Lipinski definition) is 6. The molecule has 11 heteroatoms. The topological polar surface area (TPSA) is 126 Å². The molecule has 37 heavy (non-hydrogen) atoms. The summed E-state index contributed by atoms with van der Waals surface area (Å²) in [4.78, 5) is 24.3. The molecule has 4 aromatic rings. The number of carboxylic acids is 1. The van der Waals surface area contributed by atoms with Crippen LogP contribution in [-0.4, -0.2) is 42.8 Å². The molecule has 0 saturated carbocycles. The number of fused-ring (bicyclic) bond motifs is 3. The van der Waals surface area contributed by atoms with Crippen LogP contribution in [0.15, 0.2) is 77.2 Å². The molecule has 9 nitrogen and oxygen atoms in total. The molecule has 0 saturated heterocycles. The standard InChI is InChI=1S/C26H27N3O6S2/c30-25(31)22(11-6-7-15-28(36)26(32)27-17-18-8-2-1-3-9-18)29(37(33)34)19-13-14-24-21(16-19)20-10-4-5-12-23(20)35-24/h1-5,8-10,12-14,16,22,36H,6-7,11,15,17H2,(H,27,32)(H,30,31)(H,33,34)/p-1. The van der Waals surface area contributed by atoms with Crippen molar-refractivity contribution < 1.29 is 27.9 Å². The highest BCUT2D eigenvalue weighted by molar-refractivity contribution is 7.80. The number of rotatable bonds is 11. The number of unbranched alkanes of at least 4 members (excludes halogenated alkanes) is 1. The maximum absolute atomic E-state index is 12.3. The summed E-state index contributed by atoms with van der Waals surface area (Å²) in [7, 11) is 0. The van der Waals surface area contributed by atoms with Crippen LogP contribution >= 0.6 is 12.8 Å². The zero-order valence-electron chi connectivity index (χ0n) is 19.8. The first-order valence-electron chi connectivity index (χ1n) is 11.7. The fourth-order valence-electron chi connectivity index (χ4n) is 4.13. The van der Waals surface area contributed by atoms with Crippen LogP contribution in [-0.2, 0) is 22.6 Å². The highest BCUT2D eigenvalue weighted by Gasteiger charge is 2.27. The van der Waals surface area contributed by atoms with Crippen LogP contribution in [0.3, 0.4) is 0 Å². The van der Waals surface area contributed by atoms with Gasteiger partial charge in [-0.3, -0.25) is 12.8 Å². The number of anilines is 1. The van der Waals surface area contributed by atoms with Gasteiger partial charge in [0.05, 0.1) is 5.69 Å². The summed E-state index contributed by atoms with van der Waals surface area (Å²) in [5.74, 6) is -1.26. The van der Waals surface area contributed by atoms with Crippen LogP contribution in [0.25, 0.3) is 21.9 Å². The molecule has 2 atom stereocenters. The van der Waals surface area contributed by atoms with Gasteiger partial charge in [-0.15, -0.1) is 0 Å². The monoisotopic (exact) mass is 540 g/mol. The highest BCUT2D eigenvalue weighted by atomic mass is 32.2. The predicted octanol–water partition coefficient (Wildman–Crippen LogP) is 4.87. The number of carbonyl (C=O) groups is 2. The third-order valence-electron chi connectivity index (χ3n) is 5.96. The van der Waals surface area contributed by atoms with Crippen molar-refractivity contribution in [2.45, 2.75) is 31.8 Å². The van der Waals surface area contributed by atoms with E-state index in [0.29, 0.717) is 35.9 Å². The number of thiol groups is 1. The van der Waals surface area contributed by atoms with Gasteiger partial charge in [0, 0.05) is 35.1 Å². The molecule has 2 amide bonds. The van der Waals surface area contributed by atoms with Crippen LogP contribution < -0.4 is 9.62 Å².